The first-order chi connectivity index (χ1) is 14.3. The van der Waals surface area contributed by atoms with E-state index in [2.05, 4.69) is 15.3 Å². The van der Waals surface area contributed by atoms with Crippen LogP contribution in [0.2, 0.25) is 0 Å². The van der Waals surface area contributed by atoms with Crippen molar-refractivity contribution >= 4 is 5.91 Å². The average molecular weight is 413 g/mol. The van der Waals surface area contributed by atoms with Crippen LogP contribution in [0, 0.1) is 0 Å². The van der Waals surface area contributed by atoms with Gasteiger partial charge < -0.3 is 10.1 Å². The summed E-state index contributed by atoms with van der Waals surface area (Å²) in [7, 11) is 0. The van der Waals surface area contributed by atoms with Gasteiger partial charge in [0.1, 0.15) is 0 Å². The Hall–Kier alpha value is -3.42. The maximum absolute atomic E-state index is 13.1. The van der Waals surface area contributed by atoms with Crippen molar-refractivity contribution in [3.63, 3.8) is 0 Å². The minimum absolute atomic E-state index is 0.195. The second kappa shape index (κ2) is 7.44. The first-order valence-corrected chi connectivity index (χ1v) is 9.28. The molecule has 1 N–H and O–H groups in total. The van der Waals surface area contributed by atoms with E-state index in [0.29, 0.717) is 16.7 Å². The number of nitrogens with zero attached hydrogens (tertiary/aromatic N) is 2. The summed E-state index contributed by atoms with van der Waals surface area (Å²) >= 11 is 0. The topological polar surface area (TPSA) is 64.1 Å². The van der Waals surface area contributed by atoms with E-state index < -0.39 is 17.3 Å². The highest BCUT2D eigenvalue weighted by molar-refractivity contribution is 5.87. The van der Waals surface area contributed by atoms with E-state index in [9.17, 15) is 18.0 Å². The smallest absolute Gasteiger partial charge is 0.416 e. The van der Waals surface area contributed by atoms with Crippen LogP contribution < -0.4 is 10.1 Å². The number of pyridine rings is 2. The summed E-state index contributed by atoms with van der Waals surface area (Å²) in [5, 5.41) is 2.82. The maximum Gasteiger partial charge on any atom is 0.416 e. The van der Waals surface area contributed by atoms with Crippen molar-refractivity contribution in [2.24, 2.45) is 0 Å². The van der Waals surface area contributed by atoms with E-state index in [1.54, 1.807) is 37.5 Å². The summed E-state index contributed by atoms with van der Waals surface area (Å²) in [5.41, 5.74) is 0.460. The van der Waals surface area contributed by atoms with Crippen LogP contribution in [0.5, 0.6) is 5.88 Å². The van der Waals surface area contributed by atoms with Crippen molar-refractivity contribution in [1.82, 2.24) is 15.3 Å². The Labute approximate surface area is 170 Å². The Balaban J connectivity index is 1.58. The zero-order valence-corrected chi connectivity index (χ0v) is 16.0. The number of ether oxygens (including phenoxy) is 1. The van der Waals surface area contributed by atoms with Gasteiger partial charge in [0.2, 0.25) is 5.88 Å². The molecule has 0 bridgehead atoms. The molecule has 0 radical (unpaired) electrons. The number of rotatable bonds is 4. The van der Waals surface area contributed by atoms with Crippen LogP contribution in [0.15, 0.2) is 61.1 Å². The van der Waals surface area contributed by atoms with Crippen LogP contribution in [0.1, 0.15) is 23.6 Å². The molecule has 0 saturated carbocycles. The molecule has 0 saturated heterocycles. The summed E-state index contributed by atoms with van der Waals surface area (Å²) < 4.78 is 45.2. The number of hydrogen-bond acceptors (Lipinski definition) is 4. The monoisotopic (exact) mass is 413 g/mol. The quantitative estimate of drug-likeness (QED) is 0.697. The summed E-state index contributed by atoms with van der Waals surface area (Å²) in [4.78, 5) is 21.0. The zero-order valence-electron chi connectivity index (χ0n) is 16.0. The van der Waals surface area contributed by atoms with E-state index in [-0.39, 0.29) is 24.8 Å². The fourth-order valence-corrected chi connectivity index (χ4v) is 3.45. The van der Waals surface area contributed by atoms with Crippen LogP contribution in [0.25, 0.3) is 11.1 Å². The van der Waals surface area contributed by atoms with Gasteiger partial charge in [0.05, 0.1) is 5.56 Å². The standard InChI is InChI=1S/C22H18F3N3O2/c1-21(20(29)28-13-14-4-3-8-26-12-14)11-18-17(7-9-27-19(18)30-21)15-5-2-6-16(10-15)22(23,24)25/h2-10,12H,11,13H2,1H3,(H,28,29). The van der Waals surface area contributed by atoms with Crippen molar-refractivity contribution in [1.29, 1.82) is 0 Å². The maximum atomic E-state index is 13.1. The number of carbonyl (C=O) groups excluding carboxylic acids is 1. The first kappa shape index (κ1) is 19.9. The third-order valence-electron chi connectivity index (χ3n) is 5.01. The number of aromatic nitrogens is 2. The van der Waals surface area contributed by atoms with Crippen LogP contribution in [0.4, 0.5) is 13.2 Å². The summed E-state index contributed by atoms with van der Waals surface area (Å²) in [5.74, 6) is -0.0803. The second-order valence-electron chi connectivity index (χ2n) is 7.27. The Morgan fingerprint density at radius 1 is 1.20 bits per heavy atom. The number of alkyl halides is 3. The zero-order chi connectivity index (χ0) is 21.4. The molecule has 8 heteroatoms. The van der Waals surface area contributed by atoms with Gasteiger partial charge in [0.25, 0.3) is 5.91 Å². The van der Waals surface area contributed by atoms with Crippen molar-refractivity contribution < 1.29 is 22.7 Å². The van der Waals surface area contributed by atoms with Gasteiger partial charge in [-0.1, -0.05) is 18.2 Å². The molecule has 154 valence electrons. The van der Waals surface area contributed by atoms with E-state index >= 15 is 0 Å². The molecule has 1 unspecified atom stereocenters. The van der Waals surface area contributed by atoms with Crippen molar-refractivity contribution in [3.05, 3.63) is 77.7 Å². The molecule has 1 atom stereocenters. The summed E-state index contributed by atoms with van der Waals surface area (Å²) in [6.07, 6.45) is 0.516. The van der Waals surface area contributed by atoms with Crippen molar-refractivity contribution in [3.8, 4) is 17.0 Å². The number of fused-ring (bicyclic) bond motifs is 1. The van der Waals surface area contributed by atoms with Crippen molar-refractivity contribution in [2.45, 2.75) is 31.7 Å². The largest absolute Gasteiger partial charge is 0.461 e. The molecular weight excluding hydrogens is 395 g/mol. The highest BCUT2D eigenvalue weighted by Gasteiger charge is 2.43. The van der Waals surface area contributed by atoms with Gasteiger partial charge in [-0.2, -0.15) is 13.2 Å². The van der Waals surface area contributed by atoms with Crippen LogP contribution in [0.3, 0.4) is 0 Å². The molecule has 3 heterocycles. The SMILES string of the molecule is CC1(C(=O)NCc2cccnc2)Cc2c(-c3cccc(C(F)(F)F)c3)ccnc2O1. The lowest BCUT2D eigenvalue weighted by Crippen LogP contribution is -2.47. The minimum Gasteiger partial charge on any atom is -0.461 e. The predicted octanol–water partition coefficient (Wildman–Crippen LogP) is 4.17. The van der Waals surface area contributed by atoms with Gasteiger partial charge in [-0.15, -0.1) is 0 Å². The van der Waals surface area contributed by atoms with Crippen LogP contribution >= 0.6 is 0 Å². The molecule has 0 aliphatic carbocycles. The molecule has 1 amide bonds. The molecule has 1 aromatic carbocycles. The first-order valence-electron chi connectivity index (χ1n) is 9.28. The highest BCUT2D eigenvalue weighted by atomic mass is 19.4. The number of hydrogen-bond donors (Lipinski definition) is 1. The molecule has 0 spiro atoms. The molecule has 3 aromatic rings. The number of nitrogens with one attached hydrogen (secondary N) is 1. The fraction of sp³-hybridized carbons (Fsp3) is 0.227. The molecule has 1 aliphatic heterocycles. The van der Waals surface area contributed by atoms with Gasteiger partial charge in [-0.3, -0.25) is 9.78 Å². The third-order valence-corrected chi connectivity index (χ3v) is 5.01. The third kappa shape index (κ3) is 3.85. The van der Waals surface area contributed by atoms with E-state index in [4.69, 9.17) is 4.74 Å². The normalized spacial score (nSPS) is 17.9. The predicted molar refractivity (Wildman–Crippen MR) is 103 cm³/mol. The number of amides is 1. The molecule has 30 heavy (non-hydrogen) atoms. The molecule has 4 rings (SSSR count). The van der Waals surface area contributed by atoms with Crippen molar-refractivity contribution in [2.75, 3.05) is 0 Å². The van der Waals surface area contributed by atoms with Gasteiger partial charge in [0.15, 0.2) is 5.60 Å². The molecule has 0 fully saturated rings. The molecule has 5 nitrogen and oxygen atoms in total. The Morgan fingerprint density at radius 2 is 2.03 bits per heavy atom. The molecular formula is C22H18F3N3O2. The van der Waals surface area contributed by atoms with Gasteiger partial charge in [-0.25, -0.2) is 4.98 Å². The Kier molecular flexibility index (Phi) is 4.93. The van der Waals surface area contributed by atoms with Gasteiger partial charge >= 0.3 is 6.18 Å². The number of benzene rings is 1. The number of halogens is 3. The lowest BCUT2D eigenvalue weighted by Gasteiger charge is -2.22. The van der Waals surface area contributed by atoms with E-state index in [1.807, 2.05) is 6.07 Å². The van der Waals surface area contributed by atoms with E-state index in [0.717, 1.165) is 17.7 Å². The summed E-state index contributed by atoms with van der Waals surface area (Å²) in [6.45, 7) is 1.93. The van der Waals surface area contributed by atoms with Crippen LogP contribution in [-0.4, -0.2) is 21.5 Å². The molecule has 2 aromatic heterocycles. The van der Waals surface area contributed by atoms with E-state index in [1.165, 1.54) is 12.3 Å². The van der Waals surface area contributed by atoms with Crippen LogP contribution in [-0.2, 0) is 23.9 Å². The lowest BCUT2D eigenvalue weighted by molar-refractivity contribution is -0.137. The summed E-state index contributed by atoms with van der Waals surface area (Å²) in [6, 6.07) is 10.3. The highest BCUT2D eigenvalue weighted by Crippen LogP contribution is 2.40. The van der Waals surface area contributed by atoms with Gasteiger partial charge in [0, 0.05) is 37.1 Å². The fourth-order valence-electron chi connectivity index (χ4n) is 3.45. The van der Waals surface area contributed by atoms with Gasteiger partial charge in [-0.05, 0) is 47.9 Å². The number of carbonyl (C=O) groups is 1. The minimum atomic E-state index is -4.44. The Bertz CT molecular complexity index is 1090. The lowest BCUT2D eigenvalue weighted by atomic mass is 9.92. The Morgan fingerprint density at radius 3 is 2.77 bits per heavy atom. The average Bonchev–Trinajstić information content (AvgIpc) is 3.10. The molecule has 1 aliphatic rings. The second-order valence-corrected chi connectivity index (χ2v) is 7.27.